The summed E-state index contributed by atoms with van der Waals surface area (Å²) in [4.78, 5) is 13.2. The van der Waals surface area contributed by atoms with E-state index in [0.717, 1.165) is 51.9 Å². The first kappa shape index (κ1) is 19.4. The van der Waals surface area contributed by atoms with E-state index >= 15 is 0 Å². The van der Waals surface area contributed by atoms with Crippen LogP contribution in [-0.2, 0) is 19.0 Å². The van der Waals surface area contributed by atoms with Gasteiger partial charge in [-0.2, -0.15) is 0 Å². The number of ether oxygens (including phenoxy) is 3. The van der Waals surface area contributed by atoms with Gasteiger partial charge in [-0.3, -0.25) is 9.69 Å². The fraction of sp³-hybridized carbons (Fsp3) is 0.933. The maximum absolute atomic E-state index is 11.1. The molecule has 0 rings (SSSR count). The van der Waals surface area contributed by atoms with E-state index in [1.807, 2.05) is 0 Å². The summed E-state index contributed by atoms with van der Waals surface area (Å²) in [5, 5.41) is 0. The van der Waals surface area contributed by atoms with Crippen molar-refractivity contribution in [3.05, 3.63) is 0 Å². The van der Waals surface area contributed by atoms with E-state index in [-0.39, 0.29) is 5.97 Å². The van der Waals surface area contributed by atoms with E-state index in [2.05, 4.69) is 23.5 Å². The van der Waals surface area contributed by atoms with Crippen LogP contribution in [0.25, 0.3) is 0 Å². The minimum atomic E-state index is -0.163. The summed E-state index contributed by atoms with van der Waals surface area (Å²) in [7, 11) is 1.42. The van der Waals surface area contributed by atoms with Crippen molar-refractivity contribution >= 4 is 5.97 Å². The lowest BCUT2D eigenvalue weighted by Gasteiger charge is -2.21. The van der Waals surface area contributed by atoms with Gasteiger partial charge in [-0.15, -0.1) is 0 Å². The van der Waals surface area contributed by atoms with Gasteiger partial charge in [0.2, 0.25) is 0 Å². The summed E-state index contributed by atoms with van der Waals surface area (Å²) in [5.41, 5.74) is 0. The average Bonchev–Trinajstić information content (AvgIpc) is 2.47. The van der Waals surface area contributed by atoms with Crippen LogP contribution in [0.3, 0.4) is 0 Å². The van der Waals surface area contributed by atoms with Gasteiger partial charge in [-0.05, 0) is 19.3 Å². The van der Waals surface area contributed by atoms with Gasteiger partial charge in [-0.1, -0.05) is 26.7 Å². The van der Waals surface area contributed by atoms with Crippen molar-refractivity contribution < 1.29 is 19.0 Å². The zero-order chi connectivity index (χ0) is 15.1. The zero-order valence-corrected chi connectivity index (χ0v) is 13.4. The van der Waals surface area contributed by atoms with E-state index in [0.29, 0.717) is 19.9 Å². The Morgan fingerprint density at radius 3 is 1.95 bits per heavy atom. The largest absolute Gasteiger partial charge is 0.469 e. The molecule has 5 nitrogen and oxygen atoms in total. The van der Waals surface area contributed by atoms with Crippen molar-refractivity contribution in [1.29, 1.82) is 0 Å². The molecule has 0 amide bonds. The molecule has 0 spiro atoms. The lowest BCUT2D eigenvalue weighted by molar-refractivity contribution is -0.141. The van der Waals surface area contributed by atoms with Gasteiger partial charge in [0.1, 0.15) is 13.5 Å². The number of carbonyl (C=O) groups excluding carboxylic acids is 1. The zero-order valence-electron chi connectivity index (χ0n) is 13.4. The Morgan fingerprint density at radius 2 is 1.50 bits per heavy atom. The Hall–Kier alpha value is -0.650. The quantitative estimate of drug-likeness (QED) is 0.279. The molecule has 0 unspecified atom stereocenters. The molecule has 0 aromatic rings. The molecule has 0 aliphatic heterocycles. The molecule has 20 heavy (non-hydrogen) atoms. The molecule has 0 N–H and O–H groups in total. The summed E-state index contributed by atoms with van der Waals surface area (Å²) in [6, 6.07) is 0. The third-order valence-corrected chi connectivity index (χ3v) is 2.92. The first-order chi connectivity index (χ1) is 9.74. The van der Waals surface area contributed by atoms with Crippen LogP contribution in [0.4, 0.5) is 0 Å². The predicted octanol–water partition coefficient (Wildman–Crippen LogP) is 2.79. The summed E-state index contributed by atoms with van der Waals surface area (Å²) < 4.78 is 15.9. The van der Waals surface area contributed by atoms with Gasteiger partial charge in [0.05, 0.1) is 7.11 Å². The van der Waals surface area contributed by atoms with E-state index < -0.39 is 0 Å². The molecule has 0 saturated carbocycles. The average molecular weight is 289 g/mol. The van der Waals surface area contributed by atoms with E-state index in [4.69, 9.17) is 9.47 Å². The van der Waals surface area contributed by atoms with E-state index in [1.165, 1.54) is 7.11 Å². The molecule has 120 valence electrons. The third kappa shape index (κ3) is 12.4. The van der Waals surface area contributed by atoms with Gasteiger partial charge in [0.25, 0.3) is 0 Å². The van der Waals surface area contributed by atoms with Crippen molar-refractivity contribution in [3.63, 3.8) is 0 Å². The fourth-order valence-corrected chi connectivity index (χ4v) is 1.60. The lowest BCUT2D eigenvalue weighted by Crippen LogP contribution is -2.31. The van der Waals surface area contributed by atoms with Crippen LogP contribution in [0.2, 0.25) is 0 Å². The SMILES string of the molecule is CCCCOCN(CCCC(=O)OC)COCCCC. The van der Waals surface area contributed by atoms with E-state index in [9.17, 15) is 4.79 Å². The second kappa shape index (κ2) is 14.8. The molecule has 0 aromatic heterocycles. The standard InChI is InChI=1S/C15H31NO4/c1-4-6-11-19-13-16(14-20-12-7-5-2)10-8-9-15(17)18-3/h4-14H2,1-3H3. The number of methoxy groups -OCH3 is 1. The summed E-state index contributed by atoms with van der Waals surface area (Å²) in [6.07, 6.45) is 5.63. The number of hydrogen-bond acceptors (Lipinski definition) is 5. The van der Waals surface area contributed by atoms with Gasteiger partial charge >= 0.3 is 5.97 Å². The normalized spacial score (nSPS) is 11.0. The molecule has 0 fully saturated rings. The van der Waals surface area contributed by atoms with Crippen LogP contribution in [0.1, 0.15) is 52.4 Å². The first-order valence-corrected chi connectivity index (χ1v) is 7.69. The number of esters is 1. The highest BCUT2D eigenvalue weighted by Gasteiger charge is 2.07. The number of carbonyl (C=O) groups is 1. The Morgan fingerprint density at radius 1 is 0.950 bits per heavy atom. The molecule has 0 saturated heterocycles. The Bertz CT molecular complexity index is 212. The molecular weight excluding hydrogens is 258 g/mol. The molecule has 0 atom stereocenters. The molecule has 0 aromatic carbocycles. The lowest BCUT2D eigenvalue weighted by atomic mass is 10.3. The number of nitrogens with zero attached hydrogens (tertiary/aromatic N) is 1. The highest BCUT2D eigenvalue weighted by molar-refractivity contribution is 5.69. The summed E-state index contributed by atoms with van der Waals surface area (Å²) >= 11 is 0. The number of hydrogen-bond donors (Lipinski definition) is 0. The van der Waals surface area contributed by atoms with Crippen LogP contribution < -0.4 is 0 Å². The van der Waals surface area contributed by atoms with Gasteiger partial charge in [0.15, 0.2) is 0 Å². The maximum Gasteiger partial charge on any atom is 0.305 e. The van der Waals surface area contributed by atoms with Crippen LogP contribution >= 0.6 is 0 Å². The van der Waals surface area contributed by atoms with Gasteiger partial charge in [-0.25, -0.2) is 0 Å². The Kier molecular flexibility index (Phi) is 14.3. The first-order valence-electron chi connectivity index (χ1n) is 7.69. The fourth-order valence-electron chi connectivity index (χ4n) is 1.60. The van der Waals surface area contributed by atoms with Crippen molar-refractivity contribution in [2.75, 3.05) is 40.3 Å². The van der Waals surface area contributed by atoms with Crippen LogP contribution in [0, 0.1) is 0 Å². The van der Waals surface area contributed by atoms with Crippen LogP contribution in [0.5, 0.6) is 0 Å². The summed E-state index contributed by atoms with van der Waals surface area (Å²) in [5.74, 6) is -0.163. The highest BCUT2D eigenvalue weighted by atomic mass is 16.5. The highest BCUT2D eigenvalue weighted by Crippen LogP contribution is 2.00. The molecular formula is C15H31NO4. The predicted molar refractivity (Wildman–Crippen MR) is 79.4 cm³/mol. The van der Waals surface area contributed by atoms with Crippen molar-refractivity contribution in [2.24, 2.45) is 0 Å². The topological polar surface area (TPSA) is 48.0 Å². The molecule has 0 aliphatic rings. The summed E-state index contributed by atoms with van der Waals surface area (Å²) in [6.45, 7) is 7.75. The smallest absolute Gasteiger partial charge is 0.305 e. The minimum absolute atomic E-state index is 0.163. The Labute approximate surface area is 123 Å². The second-order valence-corrected chi connectivity index (χ2v) is 4.86. The van der Waals surface area contributed by atoms with Crippen LogP contribution in [0.15, 0.2) is 0 Å². The van der Waals surface area contributed by atoms with Crippen LogP contribution in [-0.4, -0.2) is 51.2 Å². The second-order valence-electron chi connectivity index (χ2n) is 4.86. The van der Waals surface area contributed by atoms with Gasteiger partial charge in [0, 0.05) is 26.2 Å². The van der Waals surface area contributed by atoms with Crippen molar-refractivity contribution in [3.8, 4) is 0 Å². The third-order valence-electron chi connectivity index (χ3n) is 2.92. The maximum atomic E-state index is 11.1. The van der Waals surface area contributed by atoms with Gasteiger partial charge < -0.3 is 14.2 Å². The Balaban J connectivity index is 3.81. The number of rotatable bonds is 14. The molecule has 5 heteroatoms. The van der Waals surface area contributed by atoms with E-state index in [1.54, 1.807) is 0 Å². The minimum Gasteiger partial charge on any atom is -0.469 e. The molecule has 0 heterocycles. The molecule has 0 bridgehead atoms. The molecule has 0 aliphatic carbocycles. The molecule has 0 radical (unpaired) electrons. The van der Waals surface area contributed by atoms with Crippen molar-refractivity contribution in [2.45, 2.75) is 52.4 Å². The van der Waals surface area contributed by atoms with Crippen molar-refractivity contribution in [1.82, 2.24) is 4.90 Å². The number of unbranched alkanes of at least 4 members (excludes halogenated alkanes) is 2. The monoisotopic (exact) mass is 289 g/mol.